The van der Waals surface area contributed by atoms with Crippen LogP contribution in [0, 0.1) is 0 Å². The van der Waals surface area contributed by atoms with Crippen molar-refractivity contribution in [3.63, 3.8) is 0 Å². The van der Waals surface area contributed by atoms with Crippen molar-refractivity contribution in [3.8, 4) is 0 Å². The third-order valence-electron chi connectivity index (χ3n) is 2.78. The Balaban J connectivity index is 1.96. The molecule has 1 heterocycles. The predicted octanol–water partition coefficient (Wildman–Crippen LogP) is 0.326. The summed E-state index contributed by atoms with van der Waals surface area (Å²) in [4.78, 5) is 13.7. The number of hydrogen-bond acceptors (Lipinski definition) is 3. The second-order valence-electron chi connectivity index (χ2n) is 4.41. The number of hydrogen-bond donors (Lipinski definition) is 2. The van der Waals surface area contributed by atoms with Gasteiger partial charge in [-0.05, 0) is 39.3 Å². The Morgan fingerprint density at radius 2 is 2.13 bits per heavy atom. The van der Waals surface area contributed by atoms with E-state index in [0.29, 0.717) is 6.42 Å². The molecule has 0 aliphatic carbocycles. The topological polar surface area (TPSA) is 58.4 Å². The van der Waals surface area contributed by atoms with E-state index in [1.807, 2.05) is 6.92 Å². The maximum absolute atomic E-state index is 11.3. The van der Waals surface area contributed by atoms with Crippen LogP contribution in [0.4, 0.5) is 0 Å². The lowest BCUT2D eigenvalue weighted by Gasteiger charge is -2.14. The van der Waals surface area contributed by atoms with Crippen LogP contribution >= 0.6 is 0 Å². The number of nitrogens with two attached hydrogens (primary N) is 1. The van der Waals surface area contributed by atoms with Gasteiger partial charge in [0, 0.05) is 25.6 Å². The quantitative estimate of drug-likeness (QED) is 0.668. The average Bonchev–Trinajstić information content (AvgIpc) is 2.67. The minimum absolute atomic E-state index is 0.120. The van der Waals surface area contributed by atoms with E-state index in [2.05, 4.69) is 10.2 Å². The molecule has 0 spiro atoms. The lowest BCUT2D eigenvalue weighted by Crippen LogP contribution is -2.34. The third-order valence-corrected chi connectivity index (χ3v) is 2.78. The Labute approximate surface area is 92.2 Å². The highest BCUT2D eigenvalue weighted by molar-refractivity contribution is 5.75. The third kappa shape index (κ3) is 5.74. The van der Waals surface area contributed by atoms with Gasteiger partial charge in [0.2, 0.25) is 5.91 Å². The Hall–Kier alpha value is -0.610. The molecule has 1 fully saturated rings. The minimum atomic E-state index is 0.120. The van der Waals surface area contributed by atoms with Gasteiger partial charge in [-0.25, -0.2) is 0 Å². The van der Waals surface area contributed by atoms with Crippen LogP contribution in [-0.2, 0) is 4.79 Å². The summed E-state index contributed by atoms with van der Waals surface area (Å²) < 4.78 is 0. The van der Waals surface area contributed by atoms with Crippen molar-refractivity contribution in [2.45, 2.75) is 38.6 Å². The second-order valence-corrected chi connectivity index (χ2v) is 4.41. The van der Waals surface area contributed by atoms with Gasteiger partial charge in [-0.3, -0.25) is 4.79 Å². The van der Waals surface area contributed by atoms with Gasteiger partial charge >= 0.3 is 0 Å². The van der Waals surface area contributed by atoms with Gasteiger partial charge in [-0.1, -0.05) is 0 Å². The summed E-state index contributed by atoms with van der Waals surface area (Å²) in [5.74, 6) is 0.131. The maximum atomic E-state index is 11.3. The van der Waals surface area contributed by atoms with E-state index in [9.17, 15) is 4.79 Å². The highest BCUT2D eigenvalue weighted by atomic mass is 16.1. The number of likely N-dealkylation sites (tertiary alicyclic amines) is 1. The molecule has 0 radical (unpaired) electrons. The van der Waals surface area contributed by atoms with Crippen LogP contribution in [0.15, 0.2) is 0 Å². The van der Waals surface area contributed by atoms with Gasteiger partial charge in [-0.15, -0.1) is 0 Å². The fourth-order valence-electron chi connectivity index (χ4n) is 1.81. The smallest absolute Gasteiger partial charge is 0.220 e. The molecule has 0 aromatic rings. The van der Waals surface area contributed by atoms with E-state index in [4.69, 9.17) is 5.73 Å². The molecule has 1 atom stereocenters. The summed E-state index contributed by atoms with van der Waals surface area (Å²) in [5.41, 5.74) is 5.58. The first-order valence-corrected chi connectivity index (χ1v) is 5.93. The van der Waals surface area contributed by atoms with Crippen molar-refractivity contribution >= 4 is 5.91 Å². The van der Waals surface area contributed by atoms with Gasteiger partial charge in [0.25, 0.3) is 0 Å². The zero-order valence-corrected chi connectivity index (χ0v) is 9.67. The minimum Gasteiger partial charge on any atom is -0.355 e. The van der Waals surface area contributed by atoms with E-state index >= 15 is 0 Å². The van der Waals surface area contributed by atoms with Crippen LogP contribution in [-0.4, -0.2) is 43.0 Å². The number of rotatable bonds is 6. The van der Waals surface area contributed by atoms with E-state index in [1.165, 1.54) is 25.9 Å². The lowest BCUT2D eigenvalue weighted by molar-refractivity contribution is -0.121. The lowest BCUT2D eigenvalue weighted by atomic mass is 10.2. The molecule has 1 aliphatic heterocycles. The molecule has 1 amide bonds. The Morgan fingerprint density at radius 1 is 1.47 bits per heavy atom. The normalized spacial score (nSPS) is 19.1. The molecular weight excluding hydrogens is 190 g/mol. The number of nitrogens with zero attached hydrogens (tertiary/aromatic N) is 1. The highest BCUT2D eigenvalue weighted by Gasteiger charge is 2.10. The fraction of sp³-hybridized carbons (Fsp3) is 0.909. The van der Waals surface area contributed by atoms with E-state index in [1.54, 1.807) is 0 Å². The summed E-state index contributed by atoms with van der Waals surface area (Å²) in [5, 5.41) is 2.93. The summed E-state index contributed by atoms with van der Waals surface area (Å²) in [6.45, 7) is 6.07. The van der Waals surface area contributed by atoms with E-state index in [-0.39, 0.29) is 11.9 Å². The number of carbonyl (C=O) groups excluding carboxylic acids is 1. The van der Waals surface area contributed by atoms with Gasteiger partial charge < -0.3 is 16.0 Å². The van der Waals surface area contributed by atoms with Crippen molar-refractivity contribution in [1.82, 2.24) is 10.2 Å². The molecule has 4 nitrogen and oxygen atoms in total. The van der Waals surface area contributed by atoms with E-state index in [0.717, 1.165) is 19.5 Å². The Morgan fingerprint density at radius 3 is 2.73 bits per heavy atom. The number of nitrogens with one attached hydrogen (secondary N) is 1. The summed E-state index contributed by atoms with van der Waals surface area (Å²) in [7, 11) is 0. The van der Waals surface area contributed by atoms with Crippen molar-refractivity contribution in [1.29, 1.82) is 0 Å². The van der Waals surface area contributed by atoms with Crippen molar-refractivity contribution < 1.29 is 4.79 Å². The van der Waals surface area contributed by atoms with Crippen LogP contribution in [0.25, 0.3) is 0 Å². The second kappa shape index (κ2) is 6.80. The van der Waals surface area contributed by atoms with Gasteiger partial charge in [0.1, 0.15) is 0 Å². The first-order valence-electron chi connectivity index (χ1n) is 5.93. The molecule has 0 bridgehead atoms. The molecule has 1 rings (SSSR count). The SMILES string of the molecule is CC(N)CCC(=O)NCCN1CCCC1. The molecule has 1 saturated heterocycles. The van der Waals surface area contributed by atoms with Crippen LogP contribution in [0.3, 0.4) is 0 Å². The van der Waals surface area contributed by atoms with Crippen LogP contribution in [0.1, 0.15) is 32.6 Å². The van der Waals surface area contributed by atoms with Crippen LogP contribution in [0.2, 0.25) is 0 Å². The van der Waals surface area contributed by atoms with Crippen molar-refractivity contribution in [3.05, 3.63) is 0 Å². The fourth-order valence-corrected chi connectivity index (χ4v) is 1.81. The summed E-state index contributed by atoms with van der Waals surface area (Å²) in [6.07, 6.45) is 3.94. The molecule has 0 saturated carbocycles. The molecule has 3 N–H and O–H groups in total. The average molecular weight is 213 g/mol. The first-order chi connectivity index (χ1) is 7.18. The summed E-state index contributed by atoms with van der Waals surface area (Å²) >= 11 is 0. The standard InChI is InChI=1S/C11H23N3O/c1-10(12)4-5-11(15)13-6-9-14-7-2-3-8-14/h10H,2-9,12H2,1H3,(H,13,15). The van der Waals surface area contributed by atoms with Crippen LogP contribution in [0.5, 0.6) is 0 Å². The monoisotopic (exact) mass is 213 g/mol. The molecule has 15 heavy (non-hydrogen) atoms. The molecule has 0 aromatic heterocycles. The summed E-state index contributed by atoms with van der Waals surface area (Å²) in [6, 6.07) is 0.120. The van der Waals surface area contributed by atoms with Gasteiger partial charge in [-0.2, -0.15) is 0 Å². The van der Waals surface area contributed by atoms with Crippen molar-refractivity contribution in [2.75, 3.05) is 26.2 Å². The van der Waals surface area contributed by atoms with Gasteiger partial charge in [0.05, 0.1) is 0 Å². The zero-order valence-electron chi connectivity index (χ0n) is 9.67. The molecular formula is C11H23N3O. The molecule has 0 aromatic carbocycles. The predicted molar refractivity (Wildman–Crippen MR) is 61.6 cm³/mol. The first kappa shape index (κ1) is 12.5. The van der Waals surface area contributed by atoms with Crippen LogP contribution < -0.4 is 11.1 Å². The Kier molecular flexibility index (Phi) is 5.65. The zero-order chi connectivity index (χ0) is 11.1. The molecule has 1 aliphatic rings. The highest BCUT2D eigenvalue weighted by Crippen LogP contribution is 2.05. The van der Waals surface area contributed by atoms with E-state index < -0.39 is 0 Å². The van der Waals surface area contributed by atoms with Gasteiger partial charge in [0.15, 0.2) is 0 Å². The largest absolute Gasteiger partial charge is 0.355 e. The molecule has 1 unspecified atom stereocenters. The molecule has 88 valence electrons. The number of amides is 1. The Bertz CT molecular complexity index is 188. The van der Waals surface area contributed by atoms with Crippen molar-refractivity contribution in [2.24, 2.45) is 5.73 Å². The maximum Gasteiger partial charge on any atom is 0.220 e. The molecule has 4 heteroatoms. The number of carbonyl (C=O) groups is 1.